The summed E-state index contributed by atoms with van der Waals surface area (Å²) in [6.07, 6.45) is 5.92. The maximum atomic E-state index is 9.50. The average Bonchev–Trinajstić information content (AvgIpc) is 3.58. The van der Waals surface area contributed by atoms with Gasteiger partial charge in [0.1, 0.15) is 17.3 Å². The van der Waals surface area contributed by atoms with Crippen LogP contribution in [0.2, 0.25) is 10.0 Å². The predicted molar refractivity (Wildman–Crippen MR) is 156 cm³/mol. The molecular formula is C31H25Cl2FN4O3. The van der Waals surface area contributed by atoms with Gasteiger partial charge in [0, 0.05) is 5.02 Å². The standard InChI is InChI=1S/C23H14Cl2N4O3.C7H8.CH3F/c1-3-4-20-27-22(13(2)30-20)23-29-28-21(32-23)10-14-5-6-18(25)19(9-14)31-17-8-15(12-26)7-16(24)11-17;1-7-5-3-2-4-6-7;1-2/h1,5-9,11H,4,10H2,2H3;2-6H,1H3;1H3. The van der Waals surface area contributed by atoms with Crippen LogP contribution in [-0.2, 0) is 12.8 Å². The molecule has 2 aromatic heterocycles. The molecule has 0 amide bonds. The highest BCUT2D eigenvalue weighted by molar-refractivity contribution is 6.32. The van der Waals surface area contributed by atoms with Crippen LogP contribution in [0.25, 0.3) is 11.6 Å². The van der Waals surface area contributed by atoms with Gasteiger partial charge in [-0.1, -0.05) is 71.1 Å². The topological polar surface area (TPSA) is 98.0 Å². The van der Waals surface area contributed by atoms with Gasteiger partial charge in [0.2, 0.25) is 11.8 Å². The zero-order chi connectivity index (χ0) is 29.8. The number of halogens is 3. The van der Waals surface area contributed by atoms with Gasteiger partial charge in [0.25, 0.3) is 5.89 Å². The lowest BCUT2D eigenvalue weighted by molar-refractivity contribution is 0.481. The van der Waals surface area contributed by atoms with Crippen molar-refractivity contribution < 1.29 is 18.0 Å². The lowest BCUT2D eigenvalue weighted by atomic mass is 10.1. The molecule has 208 valence electrons. The molecule has 0 saturated carbocycles. The fraction of sp³-hybridized carbons (Fsp3) is 0.161. The van der Waals surface area contributed by atoms with E-state index in [0.717, 1.165) is 5.56 Å². The van der Waals surface area contributed by atoms with Crippen molar-refractivity contribution in [1.29, 1.82) is 5.26 Å². The summed E-state index contributed by atoms with van der Waals surface area (Å²) in [6.45, 7) is 3.84. The number of alkyl halides is 1. The van der Waals surface area contributed by atoms with Crippen LogP contribution in [0.3, 0.4) is 0 Å². The number of rotatable bonds is 6. The van der Waals surface area contributed by atoms with Gasteiger partial charge in [0.05, 0.1) is 36.7 Å². The average molecular weight is 591 g/mol. The molecule has 0 aliphatic carbocycles. The van der Waals surface area contributed by atoms with Crippen molar-refractivity contribution in [2.75, 3.05) is 7.18 Å². The van der Waals surface area contributed by atoms with Crippen LogP contribution in [-0.4, -0.2) is 22.4 Å². The number of hydrogen-bond acceptors (Lipinski definition) is 7. The molecule has 7 nitrogen and oxygen atoms in total. The number of hydrogen-bond donors (Lipinski definition) is 0. The van der Waals surface area contributed by atoms with E-state index in [0.29, 0.717) is 63.9 Å². The quantitative estimate of drug-likeness (QED) is 0.183. The highest BCUT2D eigenvalue weighted by Gasteiger charge is 2.18. The molecule has 0 fully saturated rings. The van der Waals surface area contributed by atoms with Crippen molar-refractivity contribution in [1.82, 2.24) is 15.2 Å². The third-order valence-corrected chi connectivity index (χ3v) is 5.81. The summed E-state index contributed by atoms with van der Waals surface area (Å²) in [5.41, 5.74) is 2.99. The number of nitrogens with zero attached hydrogens (tertiary/aromatic N) is 4. The van der Waals surface area contributed by atoms with Crippen LogP contribution in [0.1, 0.15) is 34.2 Å². The number of aromatic nitrogens is 3. The van der Waals surface area contributed by atoms with Gasteiger partial charge in [-0.3, -0.25) is 4.39 Å². The van der Waals surface area contributed by atoms with Crippen molar-refractivity contribution in [2.24, 2.45) is 0 Å². The third-order valence-electron chi connectivity index (χ3n) is 5.28. The van der Waals surface area contributed by atoms with Crippen LogP contribution in [0, 0.1) is 37.5 Å². The summed E-state index contributed by atoms with van der Waals surface area (Å²) < 4.78 is 26.6. The van der Waals surface area contributed by atoms with Gasteiger partial charge < -0.3 is 13.6 Å². The number of terminal acetylenes is 1. The zero-order valence-electron chi connectivity index (χ0n) is 22.5. The summed E-state index contributed by atoms with van der Waals surface area (Å²) >= 11 is 12.3. The number of ether oxygens (including phenoxy) is 1. The van der Waals surface area contributed by atoms with E-state index >= 15 is 0 Å². The van der Waals surface area contributed by atoms with E-state index < -0.39 is 0 Å². The highest BCUT2D eigenvalue weighted by Crippen LogP contribution is 2.33. The highest BCUT2D eigenvalue weighted by atomic mass is 35.5. The second-order valence-corrected chi connectivity index (χ2v) is 9.22. The Labute approximate surface area is 247 Å². The Hall–Kier alpha value is -4.63. The first kappa shape index (κ1) is 30.9. The maximum absolute atomic E-state index is 9.50. The van der Waals surface area contributed by atoms with Crippen LogP contribution >= 0.6 is 23.2 Å². The third kappa shape index (κ3) is 8.94. The molecule has 5 aromatic rings. The van der Waals surface area contributed by atoms with Crippen molar-refractivity contribution in [3.05, 3.63) is 111 Å². The molecule has 0 bridgehead atoms. The van der Waals surface area contributed by atoms with Gasteiger partial charge >= 0.3 is 0 Å². The fourth-order valence-electron chi connectivity index (χ4n) is 3.49. The summed E-state index contributed by atoms with van der Waals surface area (Å²) in [5.74, 6) is 4.88. The molecule has 5 rings (SSSR count). The van der Waals surface area contributed by atoms with E-state index in [-0.39, 0.29) is 12.3 Å². The summed E-state index contributed by atoms with van der Waals surface area (Å²) in [4.78, 5) is 4.31. The Morgan fingerprint density at radius 1 is 0.951 bits per heavy atom. The predicted octanol–water partition coefficient (Wildman–Crippen LogP) is 8.35. The number of benzene rings is 3. The van der Waals surface area contributed by atoms with Crippen LogP contribution < -0.4 is 4.74 Å². The minimum Gasteiger partial charge on any atom is -0.456 e. The minimum absolute atomic E-state index is 0.248. The van der Waals surface area contributed by atoms with E-state index in [9.17, 15) is 4.39 Å². The number of oxazole rings is 1. The molecule has 0 N–H and O–H groups in total. The Kier molecular flexibility index (Phi) is 11.5. The molecule has 0 aliphatic rings. The molecule has 0 spiro atoms. The first-order chi connectivity index (χ1) is 19.8. The molecular weight excluding hydrogens is 566 g/mol. The number of nitriles is 1. The zero-order valence-corrected chi connectivity index (χ0v) is 24.0. The van der Waals surface area contributed by atoms with E-state index in [4.69, 9.17) is 48.5 Å². The SMILES string of the molecule is C#CCc1nc(-c2nnc(Cc3ccc(Cl)c(Oc4cc(Cl)cc(C#N)c4)c3)o2)c(C)o1.CF.Cc1ccccc1. The van der Waals surface area contributed by atoms with Crippen molar-refractivity contribution in [3.8, 4) is 41.5 Å². The minimum atomic E-state index is 0.248. The second kappa shape index (κ2) is 15.2. The fourth-order valence-corrected chi connectivity index (χ4v) is 3.87. The van der Waals surface area contributed by atoms with E-state index in [1.165, 1.54) is 5.56 Å². The molecule has 2 heterocycles. The summed E-state index contributed by atoms with van der Waals surface area (Å²) in [5, 5.41) is 18.0. The lowest BCUT2D eigenvalue weighted by Crippen LogP contribution is -1.92. The Bertz CT molecular complexity index is 1670. The molecule has 0 saturated heterocycles. The van der Waals surface area contributed by atoms with Gasteiger partial charge in [0.15, 0.2) is 5.69 Å². The first-order valence-corrected chi connectivity index (χ1v) is 12.9. The van der Waals surface area contributed by atoms with Crippen LogP contribution in [0.4, 0.5) is 4.39 Å². The van der Waals surface area contributed by atoms with Gasteiger partial charge in [-0.25, -0.2) is 4.98 Å². The largest absolute Gasteiger partial charge is 0.456 e. The van der Waals surface area contributed by atoms with Crippen molar-refractivity contribution in [2.45, 2.75) is 26.7 Å². The monoisotopic (exact) mass is 590 g/mol. The summed E-state index contributed by atoms with van der Waals surface area (Å²) in [6, 6.07) is 22.3. The van der Waals surface area contributed by atoms with Gasteiger partial charge in [-0.2, -0.15) is 5.26 Å². The van der Waals surface area contributed by atoms with Crippen molar-refractivity contribution in [3.63, 3.8) is 0 Å². The summed E-state index contributed by atoms with van der Waals surface area (Å²) in [7, 11) is 0.500. The van der Waals surface area contributed by atoms with E-state index in [1.807, 2.05) is 30.3 Å². The van der Waals surface area contributed by atoms with E-state index in [1.54, 1.807) is 37.3 Å². The smallest absolute Gasteiger partial charge is 0.269 e. The Balaban J connectivity index is 0.000000443. The second-order valence-electron chi connectivity index (χ2n) is 8.38. The maximum Gasteiger partial charge on any atom is 0.269 e. The molecule has 0 atom stereocenters. The van der Waals surface area contributed by atoms with Crippen molar-refractivity contribution >= 4 is 23.2 Å². The normalized spacial score (nSPS) is 9.85. The Morgan fingerprint density at radius 2 is 1.71 bits per heavy atom. The molecule has 0 radical (unpaired) electrons. The molecule has 0 unspecified atom stereocenters. The molecule has 41 heavy (non-hydrogen) atoms. The molecule has 3 aromatic carbocycles. The molecule has 10 heteroatoms. The lowest BCUT2D eigenvalue weighted by Gasteiger charge is -2.10. The van der Waals surface area contributed by atoms with E-state index in [2.05, 4.69) is 40.2 Å². The van der Waals surface area contributed by atoms with Gasteiger partial charge in [-0.05, 0) is 49.7 Å². The molecule has 0 aliphatic heterocycles. The van der Waals surface area contributed by atoms with Gasteiger partial charge in [-0.15, -0.1) is 16.6 Å². The number of aryl methyl sites for hydroxylation is 2. The van der Waals surface area contributed by atoms with Crippen LogP contribution in [0.5, 0.6) is 11.5 Å². The first-order valence-electron chi connectivity index (χ1n) is 12.1. The van der Waals surface area contributed by atoms with Crippen LogP contribution in [0.15, 0.2) is 75.6 Å². The Morgan fingerprint density at radius 3 is 2.37 bits per heavy atom.